The van der Waals surface area contributed by atoms with Crippen LogP contribution in [0, 0.1) is 0 Å². The monoisotopic (exact) mass is 704 g/mol. The van der Waals surface area contributed by atoms with Crippen LogP contribution in [0.3, 0.4) is 0 Å². The smallest absolute Gasteiger partial charge is 0.0700 e. The molecule has 0 aromatic heterocycles. The van der Waals surface area contributed by atoms with Crippen molar-refractivity contribution in [2.45, 2.75) is 57.8 Å². The third-order valence-corrected chi connectivity index (χ3v) is 11.5. The lowest BCUT2D eigenvalue weighted by atomic mass is 9.78. The minimum Gasteiger partial charge on any atom is -0.382 e. The van der Waals surface area contributed by atoms with E-state index in [4.69, 9.17) is 18.9 Å². The van der Waals surface area contributed by atoms with Gasteiger partial charge >= 0.3 is 0 Å². The van der Waals surface area contributed by atoms with Gasteiger partial charge in [-0.15, -0.1) is 0 Å². The fourth-order valence-electron chi connectivity index (χ4n) is 8.76. The molecule has 4 nitrogen and oxygen atoms in total. The Morgan fingerprint density at radius 2 is 1.02 bits per heavy atom. The van der Waals surface area contributed by atoms with Gasteiger partial charge in [0.2, 0.25) is 0 Å². The van der Waals surface area contributed by atoms with Crippen molar-refractivity contribution >= 4 is 43.1 Å². The first-order chi connectivity index (χ1) is 25.5. The summed E-state index contributed by atoms with van der Waals surface area (Å²) in [5.74, 6) is 0. The van der Waals surface area contributed by atoms with Crippen LogP contribution in [0.1, 0.15) is 63.8 Å². The van der Waals surface area contributed by atoms with Crippen LogP contribution >= 0.6 is 0 Å². The predicted octanol–water partition coefficient (Wildman–Crippen LogP) is 11.6. The molecule has 0 saturated heterocycles. The van der Waals surface area contributed by atoms with E-state index in [0.717, 1.165) is 0 Å². The third kappa shape index (κ3) is 5.92. The molecular formula is C49H52O4. The van der Waals surface area contributed by atoms with Crippen LogP contribution in [0.15, 0.2) is 97.1 Å². The van der Waals surface area contributed by atoms with Crippen molar-refractivity contribution in [3.05, 3.63) is 119 Å². The number of fused-ring (bicyclic) bond motifs is 5. The fraction of sp³-hybridized carbons (Fsp3) is 0.347. The minimum atomic E-state index is -0.475. The van der Waals surface area contributed by atoms with E-state index < -0.39 is 5.41 Å². The van der Waals surface area contributed by atoms with Gasteiger partial charge in [-0.05, 0) is 111 Å². The second-order valence-corrected chi connectivity index (χ2v) is 17.0. The van der Waals surface area contributed by atoms with Crippen molar-refractivity contribution in [2.24, 2.45) is 0 Å². The Balaban J connectivity index is 1.41. The van der Waals surface area contributed by atoms with E-state index >= 15 is 0 Å². The zero-order valence-corrected chi connectivity index (χ0v) is 32.6. The molecule has 7 aromatic carbocycles. The summed E-state index contributed by atoms with van der Waals surface area (Å²) in [6.07, 6.45) is 0. The number of rotatable bonds is 11. The molecule has 0 fully saturated rings. The summed E-state index contributed by atoms with van der Waals surface area (Å²) in [5, 5.41) is 10.6. The highest BCUT2D eigenvalue weighted by atomic mass is 16.5. The largest absolute Gasteiger partial charge is 0.382 e. The SMILES string of the molecule is COCCOCC1(COCCOC)c2ccccc2-c2c(-c3ccc4c5cc(C(C)(C)C)cc6cc(C(C)(C)C)cc(c7cccc3c74)c65)cccc21. The summed E-state index contributed by atoms with van der Waals surface area (Å²) in [4.78, 5) is 0. The second-order valence-electron chi connectivity index (χ2n) is 17.0. The molecule has 0 amide bonds. The van der Waals surface area contributed by atoms with Crippen LogP contribution < -0.4 is 0 Å². The molecule has 272 valence electrons. The van der Waals surface area contributed by atoms with Gasteiger partial charge in [0, 0.05) is 14.2 Å². The van der Waals surface area contributed by atoms with Gasteiger partial charge < -0.3 is 18.9 Å². The molecule has 1 aliphatic rings. The van der Waals surface area contributed by atoms with Crippen LogP contribution in [0.2, 0.25) is 0 Å². The first-order valence-corrected chi connectivity index (χ1v) is 19.0. The van der Waals surface area contributed by atoms with Crippen molar-refractivity contribution < 1.29 is 18.9 Å². The average Bonchev–Trinajstić information content (AvgIpc) is 3.42. The Hall–Kier alpha value is -4.32. The van der Waals surface area contributed by atoms with Gasteiger partial charge in [-0.1, -0.05) is 126 Å². The normalized spacial score (nSPS) is 14.2. The Bertz CT molecular complexity index is 2380. The molecule has 0 spiro atoms. The summed E-state index contributed by atoms with van der Waals surface area (Å²) in [7, 11) is 3.43. The third-order valence-electron chi connectivity index (χ3n) is 11.5. The van der Waals surface area contributed by atoms with Crippen LogP contribution in [0.25, 0.3) is 65.3 Å². The highest BCUT2D eigenvalue weighted by Gasteiger charge is 2.45. The standard InChI is InChI=1S/C49H52O4/c1-47(2,3)32-25-31-26-33(48(4,5)6)28-41-38-20-19-34(35-14-11-15-37(45(35)38)40(27-32)44(31)41)36-16-12-18-43-46(36)39-13-9-10-17-42(39)49(43,29-52-23-21-50-7)30-53-24-22-51-8/h9-20,25-28H,21-24,29-30H2,1-8H3. The summed E-state index contributed by atoms with van der Waals surface area (Å²) in [6, 6.07) is 37.1. The van der Waals surface area contributed by atoms with Gasteiger partial charge in [0.15, 0.2) is 0 Å². The second kappa shape index (κ2) is 13.5. The predicted molar refractivity (Wildman–Crippen MR) is 222 cm³/mol. The van der Waals surface area contributed by atoms with Crippen LogP contribution in [-0.4, -0.2) is 53.9 Å². The highest BCUT2D eigenvalue weighted by molar-refractivity contribution is 6.34. The Labute approximate surface area is 314 Å². The minimum absolute atomic E-state index is 0.0175. The average molecular weight is 705 g/mol. The van der Waals surface area contributed by atoms with Crippen molar-refractivity contribution in [1.82, 2.24) is 0 Å². The highest BCUT2D eigenvalue weighted by Crippen LogP contribution is 2.54. The maximum Gasteiger partial charge on any atom is 0.0700 e. The Morgan fingerprint density at radius 1 is 0.472 bits per heavy atom. The van der Waals surface area contributed by atoms with E-state index in [2.05, 4.69) is 139 Å². The molecule has 0 N–H and O–H groups in total. The first kappa shape index (κ1) is 35.7. The van der Waals surface area contributed by atoms with E-state index in [0.29, 0.717) is 39.6 Å². The number of hydrogen-bond donors (Lipinski definition) is 0. The van der Waals surface area contributed by atoms with Gasteiger partial charge in [0.25, 0.3) is 0 Å². The summed E-state index contributed by atoms with van der Waals surface area (Å²) in [5.41, 5.74) is 9.75. The van der Waals surface area contributed by atoms with Gasteiger partial charge in [0.05, 0.1) is 45.1 Å². The molecule has 8 rings (SSSR count). The molecule has 0 bridgehead atoms. The Kier molecular flexibility index (Phi) is 9.10. The van der Waals surface area contributed by atoms with Crippen molar-refractivity contribution in [3.63, 3.8) is 0 Å². The van der Waals surface area contributed by atoms with E-state index in [-0.39, 0.29) is 10.8 Å². The van der Waals surface area contributed by atoms with Crippen molar-refractivity contribution in [1.29, 1.82) is 0 Å². The lowest BCUT2D eigenvalue weighted by molar-refractivity contribution is 0.00531. The maximum atomic E-state index is 6.39. The van der Waals surface area contributed by atoms with Gasteiger partial charge in [-0.25, -0.2) is 0 Å². The van der Waals surface area contributed by atoms with Gasteiger partial charge in [-0.2, -0.15) is 0 Å². The van der Waals surface area contributed by atoms with Crippen LogP contribution in [0.5, 0.6) is 0 Å². The molecule has 4 heteroatoms. The molecule has 53 heavy (non-hydrogen) atoms. The molecule has 0 aliphatic heterocycles. The Morgan fingerprint density at radius 3 is 1.64 bits per heavy atom. The number of ether oxygens (including phenoxy) is 4. The summed E-state index contributed by atoms with van der Waals surface area (Å²) >= 11 is 0. The lowest BCUT2D eigenvalue weighted by Gasteiger charge is -2.32. The molecule has 0 saturated carbocycles. The van der Waals surface area contributed by atoms with Crippen molar-refractivity contribution in [3.8, 4) is 22.3 Å². The van der Waals surface area contributed by atoms with Crippen LogP contribution in [0.4, 0.5) is 0 Å². The van der Waals surface area contributed by atoms with E-state index in [1.807, 2.05) is 0 Å². The number of methoxy groups -OCH3 is 2. The first-order valence-electron chi connectivity index (χ1n) is 19.0. The molecule has 0 heterocycles. The van der Waals surface area contributed by atoms with Crippen molar-refractivity contribution in [2.75, 3.05) is 53.9 Å². The molecule has 7 aromatic rings. The summed E-state index contributed by atoms with van der Waals surface area (Å²) in [6.45, 7) is 17.1. The number of benzene rings is 7. The van der Waals surface area contributed by atoms with Gasteiger partial charge in [-0.3, -0.25) is 0 Å². The van der Waals surface area contributed by atoms with Crippen LogP contribution in [-0.2, 0) is 35.2 Å². The topological polar surface area (TPSA) is 36.9 Å². The van der Waals surface area contributed by atoms with E-state index in [9.17, 15) is 0 Å². The molecular weight excluding hydrogens is 653 g/mol. The zero-order valence-electron chi connectivity index (χ0n) is 32.6. The maximum absolute atomic E-state index is 6.39. The fourth-order valence-corrected chi connectivity index (χ4v) is 8.76. The molecule has 0 radical (unpaired) electrons. The molecule has 0 atom stereocenters. The molecule has 0 unspecified atom stereocenters. The quantitative estimate of drug-likeness (QED) is 0.0763. The molecule has 1 aliphatic carbocycles. The summed E-state index contributed by atoms with van der Waals surface area (Å²) < 4.78 is 23.5. The lowest BCUT2D eigenvalue weighted by Crippen LogP contribution is -2.37. The van der Waals surface area contributed by atoms with E-state index in [1.54, 1.807) is 14.2 Å². The number of hydrogen-bond acceptors (Lipinski definition) is 4. The van der Waals surface area contributed by atoms with Gasteiger partial charge in [0.1, 0.15) is 0 Å². The van der Waals surface area contributed by atoms with E-state index in [1.165, 1.54) is 87.6 Å². The zero-order chi connectivity index (χ0) is 37.1.